The van der Waals surface area contributed by atoms with Crippen molar-refractivity contribution in [3.8, 4) is 11.3 Å². The Labute approximate surface area is 225 Å². The molecule has 38 heavy (non-hydrogen) atoms. The Kier molecular flexibility index (Phi) is 6.37. The van der Waals surface area contributed by atoms with Crippen molar-refractivity contribution in [2.24, 2.45) is 0 Å². The van der Waals surface area contributed by atoms with Gasteiger partial charge in [-0.3, -0.25) is 9.59 Å². The molecule has 2 aromatic heterocycles. The van der Waals surface area contributed by atoms with E-state index in [-0.39, 0.29) is 17.9 Å². The third kappa shape index (κ3) is 4.44. The van der Waals surface area contributed by atoms with Crippen molar-refractivity contribution in [3.05, 3.63) is 65.6 Å². The van der Waals surface area contributed by atoms with Crippen LogP contribution in [0.1, 0.15) is 40.9 Å². The predicted octanol–water partition coefficient (Wildman–Crippen LogP) is 5.59. The normalized spacial score (nSPS) is 18.5. The fourth-order valence-corrected chi connectivity index (χ4v) is 6.67. The fraction of sp³-hybridized carbons (Fsp3) is 0.300. The predicted molar refractivity (Wildman–Crippen MR) is 156 cm³/mol. The zero-order chi connectivity index (χ0) is 26.4. The monoisotopic (exact) mass is 525 g/mol. The van der Waals surface area contributed by atoms with E-state index >= 15 is 0 Å². The molecule has 1 unspecified atom stereocenters. The van der Waals surface area contributed by atoms with Crippen LogP contribution < -0.4 is 16.0 Å². The van der Waals surface area contributed by atoms with E-state index in [0.717, 1.165) is 69.6 Å². The van der Waals surface area contributed by atoms with Crippen molar-refractivity contribution in [3.63, 3.8) is 0 Å². The summed E-state index contributed by atoms with van der Waals surface area (Å²) in [5.74, 6) is 0.156. The van der Waals surface area contributed by atoms with Gasteiger partial charge in [0.1, 0.15) is 4.88 Å². The maximum absolute atomic E-state index is 12.8. The van der Waals surface area contributed by atoms with Gasteiger partial charge in [-0.05, 0) is 87.8 Å². The van der Waals surface area contributed by atoms with Gasteiger partial charge in [0.2, 0.25) is 5.91 Å². The topological polar surface area (TPSA) is 86.4 Å². The number of pyridine rings is 1. The lowest BCUT2D eigenvalue weighted by Gasteiger charge is -2.30. The number of hydrogen-bond donors (Lipinski definition) is 3. The van der Waals surface area contributed by atoms with E-state index in [1.165, 1.54) is 23.0 Å². The molecule has 8 heteroatoms. The van der Waals surface area contributed by atoms with Gasteiger partial charge in [0.05, 0.1) is 16.9 Å². The van der Waals surface area contributed by atoms with Crippen molar-refractivity contribution in [2.75, 3.05) is 37.3 Å². The van der Waals surface area contributed by atoms with E-state index < -0.39 is 0 Å². The Morgan fingerprint density at radius 3 is 2.79 bits per heavy atom. The highest BCUT2D eigenvalue weighted by atomic mass is 32.1. The number of hydrogen-bond acceptors (Lipinski definition) is 6. The molecule has 2 aromatic carbocycles. The summed E-state index contributed by atoms with van der Waals surface area (Å²) in [7, 11) is 2.15. The summed E-state index contributed by atoms with van der Waals surface area (Å²) in [6, 6.07) is 14.5. The fourth-order valence-electron chi connectivity index (χ4n) is 5.57. The molecule has 7 nitrogen and oxygen atoms in total. The molecule has 6 rings (SSSR count). The summed E-state index contributed by atoms with van der Waals surface area (Å²) >= 11 is 1.51. The number of amides is 2. The van der Waals surface area contributed by atoms with Crippen LogP contribution in [0.5, 0.6) is 0 Å². The third-order valence-corrected chi connectivity index (χ3v) is 8.80. The SMILES string of the molecule is C=CC(=O)Nc1cc(-c2ccc3c(ccc4sc5c(c43)NCC(C)NC5=O)n2)ccc1C1CCN(C)CC1. The van der Waals surface area contributed by atoms with E-state index in [1.54, 1.807) is 0 Å². The Bertz CT molecular complexity index is 1580. The second kappa shape index (κ2) is 9.85. The Morgan fingerprint density at radius 1 is 1.18 bits per heavy atom. The third-order valence-electron chi connectivity index (χ3n) is 7.64. The Morgan fingerprint density at radius 2 is 2.00 bits per heavy atom. The first-order valence-electron chi connectivity index (χ1n) is 13.1. The van der Waals surface area contributed by atoms with Crippen LogP contribution in [0.25, 0.3) is 32.2 Å². The Hall–Kier alpha value is -3.75. The van der Waals surface area contributed by atoms with Crippen molar-refractivity contribution < 1.29 is 9.59 Å². The number of benzene rings is 2. The maximum Gasteiger partial charge on any atom is 0.263 e. The van der Waals surface area contributed by atoms with Crippen LogP contribution >= 0.6 is 11.3 Å². The van der Waals surface area contributed by atoms with Gasteiger partial charge < -0.3 is 20.9 Å². The van der Waals surface area contributed by atoms with E-state index in [0.29, 0.717) is 17.3 Å². The van der Waals surface area contributed by atoms with Gasteiger partial charge >= 0.3 is 0 Å². The summed E-state index contributed by atoms with van der Waals surface area (Å²) in [6.07, 6.45) is 3.43. The molecule has 1 fully saturated rings. The molecule has 194 valence electrons. The number of likely N-dealkylation sites (tertiary alicyclic amines) is 1. The molecule has 0 aliphatic carbocycles. The lowest BCUT2D eigenvalue weighted by atomic mass is 9.87. The number of aromatic nitrogens is 1. The van der Waals surface area contributed by atoms with Gasteiger partial charge in [0, 0.05) is 39.3 Å². The first-order valence-corrected chi connectivity index (χ1v) is 13.9. The molecule has 1 saturated heterocycles. The summed E-state index contributed by atoms with van der Waals surface area (Å²) in [4.78, 5) is 33.1. The molecule has 2 aliphatic rings. The molecule has 2 amide bonds. The highest BCUT2D eigenvalue weighted by Gasteiger charge is 2.25. The first kappa shape index (κ1) is 24.6. The smallest absolute Gasteiger partial charge is 0.263 e. The lowest BCUT2D eigenvalue weighted by Crippen LogP contribution is -2.34. The van der Waals surface area contributed by atoms with Crippen LogP contribution in [0.4, 0.5) is 11.4 Å². The summed E-state index contributed by atoms with van der Waals surface area (Å²) in [5.41, 5.74) is 5.53. The van der Waals surface area contributed by atoms with Crippen LogP contribution in [0.3, 0.4) is 0 Å². The molecule has 0 radical (unpaired) electrons. The zero-order valence-corrected chi connectivity index (χ0v) is 22.5. The van der Waals surface area contributed by atoms with E-state index in [4.69, 9.17) is 4.98 Å². The minimum atomic E-state index is -0.214. The van der Waals surface area contributed by atoms with E-state index in [2.05, 4.69) is 52.7 Å². The number of anilines is 2. The van der Waals surface area contributed by atoms with Gasteiger partial charge in [-0.1, -0.05) is 18.7 Å². The molecule has 3 N–H and O–H groups in total. The summed E-state index contributed by atoms with van der Waals surface area (Å²) in [6.45, 7) is 8.39. The van der Waals surface area contributed by atoms with Crippen molar-refractivity contribution in [1.82, 2.24) is 15.2 Å². The van der Waals surface area contributed by atoms with Crippen LogP contribution in [-0.2, 0) is 4.79 Å². The van der Waals surface area contributed by atoms with Gasteiger partial charge in [-0.15, -0.1) is 11.3 Å². The molecule has 2 aliphatic heterocycles. The zero-order valence-electron chi connectivity index (χ0n) is 21.6. The van der Waals surface area contributed by atoms with Crippen LogP contribution in [0.15, 0.2) is 55.1 Å². The first-order chi connectivity index (χ1) is 18.4. The minimum Gasteiger partial charge on any atom is -0.381 e. The van der Waals surface area contributed by atoms with Gasteiger partial charge in [0.15, 0.2) is 0 Å². The quantitative estimate of drug-likeness (QED) is 0.302. The molecule has 0 saturated carbocycles. The largest absolute Gasteiger partial charge is 0.381 e. The highest BCUT2D eigenvalue weighted by molar-refractivity contribution is 7.21. The summed E-state index contributed by atoms with van der Waals surface area (Å²) < 4.78 is 1.06. The standard InChI is InChI=1S/C30H31N5O2S/c1-4-26(36)34-24-15-19(5-6-20(24)18-11-13-35(3)14-12-18)22-8-7-21-23(33-22)9-10-25-27(21)28-29(38-25)30(37)32-17(2)16-31-28/h4-10,15,17-18,31H,1,11-14,16H2,2-3H3,(H,32,37)(H,34,36). The van der Waals surface area contributed by atoms with Crippen LogP contribution in [0.2, 0.25) is 0 Å². The average molecular weight is 526 g/mol. The number of thiophene rings is 1. The molecular weight excluding hydrogens is 494 g/mol. The number of piperidine rings is 1. The number of nitrogens with zero attached hydrogens (tertiary/aromatic N) is 2. The molecule has 4 heterocycles. The number of nitrogens with one attached hydrogen (secondary N) is 3. The van der Waals surface area contributed by atoms with Crippen molar-refractivity contribution in [2.45, 2.75) is 31.7 Å². The number of rotatable bonds is 4. The molecule has 0 spiro atoms. The van der Waals surface area contributed by atoms with E-state index in [1.807, 2.05) is 31.2 Å². The summed E-state index contributed by atoms with van der Waals surface area (Å²) in [5, 5.41) is 11.6. The van der Waals surface area contributed by atoms with Crippen LogP contribution in [0, 0.1) is 0 Å². The second-order valence-electron chi connectivity index (χ2n) is 10.3. The molecule has 4 aromatic rings. The van der Waals surface area contributed by atoms with Gasteiger partial charge in [-0.2, -0.15) is 0 Å². The average Bonchev–Trinajstić information content (AvgIpc) is 3.25. The van der Waals surface area contributed by atoms with E-state index in [9.17, 15) is 9.59 Å². The number of carbonyl (C=O) groups is 2. The number of carbonyl (C=O) groups excluding carboxylic acids is 2. The van der Waals surface area contributed by atoms with Gasteiger partial charge in [0.25, 0.3) is 5.91 Å². The van der Waals surface area contributed by atoms with Gasteiger partial charge in [-0.25, -0.2) is 4.98 Å². The van der Waals surface area contributed by atoms with Crippen molar-refractivity contribution in [1.29, 1.82) is 0 Å². The van der Waals surface area contributed by atoms with Crippen LogP contribution in [-0.4, -0.2) is 54.4 Å². The molecule has 1 atom stereocenters. The number of fused-ring (bicyclic) bond motifs is 5. The molecule has 0 bridgehead atoms. The second-order valence-corrected chi connectivity index (χ2v) is 11.4. The minimum absolute atomic E-state index is 0.0322. The highest BCUT2D eigenvalue weighted by Crippen LogP contribution is 2.42. The lowest BCUT2D eigenvalue weighted by molar-refractivity contribution is -0.111. The van der Waals surface area contributed by atoms with Crippen molar-refractivity contribution >= 4 is 55.5 Å². The Balaban J connectivity index is 1.41. The maximum atomic E-state index is 12.8. The molecular formula is C30H31N5O2S.